The quantitative estimate of drug-likeness (QED) is 0.625. The van der Waals surface area contributed by atoms with Crippen LogP contribution in [0.25, 0.3) is 0 Å². The number of rotatable bonds is 8. The summed E-state index contributed by atoms with van der Waals surface area (Å²) in [5.74, 6) is -1.31. The lowest BCUT2D eigenvalue weighted by molar-refractivity contribution is -0.139. The molecule has 27 heavy (non-hydrogen) atoms. The van der Waals surface area contributed by atoms with Crippen molar-refractivity contribution in [3.05, 3.63) is 34.6 Å². The zero-order chi connectivity index (χ0) is 20.1. The molecule has 3 N–H and O–H groups in total. The van der Waals surface area contributed by atoms with Gasteiger partial charge in [-0.25, -0.2) is 9.18 Å². The molecule has 2 rings (SSSR count). The third kappa shape index (κ3) is 5.81. The molecule has 1 saturated carbocycles. The highest BCUT2D eigenvalue weighted by Gasteiger charge is 2.35. The van der Waals surface area contributed by atoms with E-state index in [4.69, 9.17) is 16.7 Å². The lowest BCUT2D eigenvalue weighted by Gasteiger charge is -2.42. The SMILES string of the molecule is CCN(CC(=O)O)C1CC(NC(=O)NC(c2ccc(Cl)cc2F)C(C)C)C1. The van der Waals surface area contributed by atoms with Crippen molar-refractivity contribution in [3.8, 4) is 0 Å². The average molecular weight is 400 g/mol. The number of hydrogen-bond donors (Lipinski definition) is 3. The smallest absolute Gasteiger partial charge is 0.317 e. The Morgan fingerprint density at radius 2 is 2.04 bits per heavy atom. The first-order chi connectivity index (χ1) is 12.7. The molecule has 0 aromatic heterocycles. The maximum absolute atomic E-state index is 14.2. The monoisotopic (exact) mass is 399 g/mol. The fourth-order valence-electron chi connectivity index (χ4n) is 3.40. The lowest BCUT2D eigenvalue weighted by Crippen LogP contribution is -2.56. The highest BCUT2D eigenvalue weighted by molar-refractivity contribution is 6.30. The van der Waals surface area contributed by atoms with Gasteiger partial charge < -0.3 is 15.7 Å². The molecular formula is C19H27ClFN3O3. The van der Waals surface area contributed by atoms with Gasteiger partial charge in [-0.15, -0.1) is 0 Å². The maximum atomic E-state index is 14.2. The lowest BCUT2D eigenvalue weighted by atomic mass is 9.85. The average Bonchev–Trinajstić information content (AvgIpc) is 2.54. The number of amides is 2. The number of carbonyl (C=O) groups is 2. The standard InChI is InChI=1S/C19H27ClFN3O3/c1-4-24(10-17(25)26)14-8-13(9-14)22-19(27)23-18(11(2)3)15-6-5-12(20)7-16(15)21/h5-7,11,13-14,18H,4,8-10H2,1-3H3,(H,25,26)(H2,22,23,27). The van der Waals surface area contributed by atoms with E-state index in [0.717, 1.165) is 0 Å². The number of hydrogen-bond acceptors (Lipinski definition) is 3. The van der Waals surface area contributed by atoms with Gasteiger partial charge in [0.2, 0.25) is 0 Å². The van der Waals surface area contributed by atoms with Gasteiger partial charge in [-0.3, -0.25) is 9.69 Å². The molecule has 1 aromatic rings. The number of aliphatic carboxylic acids is 1. The van der Waals surface area contributed by atoms with E-state index in [1.807, 2.05) is 25.7 Å². The Hall–Kier alpha value is -1.86. The fraction of sp³-hybridized carbons (Fsp3) is 0.579. The molecule has 150 valence electrons. The minimum Gasteiger partial charge on any atom is -0.480 e. The summed E-state index contributed by atoms with van der Waals surface area (Å²) in [6.07, 6.45) is 1.41. The largest absolute Gasteiger partial charge is 0.480 e. The Balaban J connectivity index is 1.90. The minimum atomic E-state index is -0.851. The molecule has 1 aliphatic rings. The van der Waals surface area contributed by atoms with Crippen molar-refractivity contribution in [1.29, 1.82) is 0 Å². The molecule has 0 spiro atoms. The number of carboxylic acid groups (broad SMARTS) is 1. The van der Waals surface area contributed by atoms with Crippen LogP contribution in [0.2, 0.25) is 5.02 Å². The van der Waals surface area contributed by atoms with Crippen molar-refractivity contribution in [1.82, 2.24) is 15.5 Å². The van der Waals surface area contributed by atoms with Crippen molar-refractivity contribution in [3.63, 3.8) is 0 Å². The van der Waals surface area contributed by atoms with Crippen LogP contribution in [0.15, 0.2) is 18.2 Å². The van der Waals surface area contributed by atoms with Crippen LogP contribution >= 0.6 is 11.6 Å². The van der Waals surface area contributed by atoms with Gasteiger partial charge in [-0.2, -0.15) is 0 Å². The van der Waals surface area contributed by atoms with Crippen LogP contribution < -0.4 is 10.6 Å². The second-order valence-corrected chi connectivity index (χ2v) is 7.72. The summed E-state index contributed by atoms with van der Waals surface area (Å²) >= 11 is 5.80. The Kier molecular flexibility index (Phi) is 7.44. The van der Waals surface area contributed by atoms with Crippen LogP contribution in [0.1, 0.15) is 45.2 Å². The Morgan fingerprint density at radius 1 is 1.37 bits per heavy atom. The topological polar surface area (TPSA) is 81.7 Å². The van der Waals surface area contributed by atoms with E-state index < -0.39 is 17.8 Å². The molecule has 1 aliphatic carbocycles. The summed E-state index contributed by atoms with van der Waals surface area (Å²) in [5.41, 5.74) is 0.398. The summed E-state index contributed by atoms with van der Waals surface area (Å²) in [5, 5.41) is 15.0. The van der Waals surface area contributed by atoms with E-state index >= 15 is 0 Å². The van der Waals surface area contributed by atoms with Crippen LogP contribution in [0.3, 0.4) is 0 Å². The van der Waals surface area contributed by atoms with Crippen molar-refractivity contribution >= 4 is 23.6 Å². The number of nitrogens with one attached hydrogen (secondary N) is 2. The van der Waals surface area contributed by atoms with Gasteiger partial charge >= 0.3 is 12.0 Å². The van der Waals surface area contributed by atoms with E-state index in [9.17, 15) is 14.0 Å². The zero-order valence-electron chi connectivity index (χ0n) is 15.8. The van der Waals surface area contributed by atoms with Gasteiger partial charge in [0, 0.05) is 22.7 Å². The third-order valence-corrected chi connectivity index (χ3v) is 5.20. The molecule has 8 heteroatoms. The number of nitrogens with zero attached hydrogens (tertiary/aromatic N) is 1. The van der Waals surface area contributed by atoms with E-state index in [1.165, 1.54) is 6.07 Å². The molecular weight excluding hydrogens is 373 g/mol. The Morgan fingerprint density at radius 3 is 2.56 bits per heavy atom. The Bertz CT molecular complexity index is 680. The van der Waals surface area contributed by atoms with Crippen LogP contribution in [-0.4, -0.2) is 47.2 Å². The second kappa shape index (κ2) is 9.37. The molecule has 1 aromatic carbocycles. The first kappa shape index (κ1) is 21.4. The Labute approximate surface area is 164 Å². The number of urea groups is 1. The normalized spacial score (nSPS) is 20.3. The van der Waals surface area contributed by atoms with Gasteiger partial charge in [0.05, 0.1) is 12.6 Å². The van der Waals surface area contributed by atoms with Gasteiger partial charge in [0.1, 0.15) is 5.82 Å². The van der Waals surface area contributed by atoms with Gasteiger partial charge in [0.25, 0.3) is 0 Å². The predicted octanol–water partition coefficient (Wildman–Crippen LogP) is 3.41. The molecule has 6 nitrogen and oxygen atoms in total. The molecule has 0 heterocycles. The zero-order valence-corrected chi connectivity index (χ0v) is 16.6. The van der Waals surface area contributed by atoms with Crippen LogP contribution in [-0.2, 0) is 4.79 Å². The third-order valence-electron chi connectivity index (χ3n) is 4.96. The summed E-state index contributed by atoms with van der Waals surface area (Å²) in [6.45, 7) is 6.39. The van der Waals surface area contributed by atoms with Crippen LogP contribution in [0.5, 0.6) is 0 Å². The van der Waals surface area contributed by atoms with E-state index in [0.29, 0.717) is 30.0 Å². The number of likely N-dealkylation sites (N-methyl/N-ethyl adjacent to an activating group) is 1. The summed E-state index contributed by atoms with van der Waals surface area (Å²) in [6, 6.07) is 3.75. The second-order valence-electron chi connectivity index (χ2n) is 7.28. The molecule has 0 saturated heterocycles. The molecule has 0 bridgehead atoms. The van der Waals surface area contributed by atoms with Crippen LogP contribution in [0.4, 0.5) is 9.18 Å². The molecule has 0 radical (unpaired) electrons. The molecule has 1 unspecified atom stereocenters. The van der Waals surface area contributed by atoms with Gasteiger partial charge in [0.15, 0.2) is 0 Å². The van der Waals surface area contributed by atoms with E-state index in [2.05, 4.69) is 10.6 Å². The number of carbonyl (C=O) groups excluding carboxylic acids is 1. The van der Waals surface area contributed by atoms with E-state index in [1.54, 1.807) is 12.1 Å². The summed E-state index contributed by atoms with van der Waals surface area (Å²) in [4.78, 5) is 25.1. The molecule has 0 aliphatic heterocycles. The number of benzene rings is 1. The highest BCUT2D eigenvalue weighted by Crippen LogP contribution is 2.28. The molecule has 2 amide bonds. The molecule has 1 atom stereocenters. The fourth-order valence-corrected chi connectivity index (χ4v) is 3.56. The van der Waals surface area contributed by atoms with Gasteiger partial charge in [-0.1, -0.05) is 38.4 Å². The van der Waals surface area contributed by atoms with Crippen molar-refractivity contribution in [2.45, 2.75) is 51.7 Å². The summed E-state index contributed by atoms with van der Waals surface area (Å²) in [7, 11) is 0. The summed E-state index contributed by atoms with van der Waals surface area (Å²) < 4.78 is 14.2. The first-order valence-corrected chi connectivity index (χ1v) is 9.56. The van der Waals surface area contributed by atoms with E-state index in [-0.39, 0.29) is 30.6 Å². The minimum absolute atomic E-state index is 0.00531. The van der Waals surface area contributed by atoms with Crippen molar-refractivity contribution in [2.24, 2.45) is 5.92 Å². The number of carboxylic acids is 1. The van der Waals surface area contributed by atoms with Gasteiger partial charge in [-0.05, 0) is 37.4 Å². The van der Waals surface area contributed by atoms with Crippen LogP contribution in [0, 0.1) is 11.7 Å². The van der Waals surface area contributed by atoms with Crippen molar-refractivity contribution in [2.75, 3.05) is 13.1 Å². The first-order valence-electron chi connectivity index (χ1n) is 9.19. The predicted molar refractivity (Wildman–Crippen MR) is 102 cm³/mol. The highest BCUT2D eigenvalue weighted by atomic mass is 35.5. The molecule has 1 fully saturated rings. The maximum Gasteiger partial charge on any atom is 0.317 e. The van der Waals surface area contributed by atoms with Crippen molar-refractivity contribution < 1.29 is 19.1 Å². The number of halogens is 2.